The number of nitrogens with two attached hydrogens (primary N) is 1. The third-order valence-electron chi connectivity index (χ3n) is 1.95. The summed E-state index contributed by atoms with van der Waals surface area (Å²) >= 11 is 0. The lowest BCUT2D eigenvalue weighted by atomic mass is 10.2. The minimum atomic E-state index is 0.673. The SMILES string of the molecule is CC(C)CN(C)c1cccc(N)c1. The summed E-state index contributed by atoms with van der Waals surface area (Å²) in [5.41, 5.74) is 7.72. The molecule has 0 atom stereocenters. The van der Waals surface area contributed by atoms with Crippen LogP contribution in [0.25, 0.3) is 0 Å². The Balaban J connectivity index is 2.71. The molecule has 1 aromatic rings. The summed E-state index contributed by atoms with van der Waals surface area (Å²) in [6.07, 6.45) is 0. The molecule has 0 bridgehead atoms. The topological polar surface area (TPSA) is 29.3 Å². The number of rotatable bonds is 3. The Morgan fingerprint density at radius 1 is 1.38 bits per heavy atom. The first kappa shape index (κ1) is 9.90. The summed E-state index contributed by atoms with van der Waals surface area (Å²) in [6, 6.07) is 7.98. The van der Waals surface area contributed by atoms with Crippen LogP contribution in [-0.4, -0.2) is 13.6 Å². The molecule has 0 saturated heterocycles. The van der Waals surface area contributed by atoms with E-state index in [1.807, 2.05) is 18.2 Å². The van der Waals surface area contributed by atoms with Crippen LogP contribution in [0.1, 0.15) is 13.8 Å². The van der Waals surface area contributed by atoms with Gasteiger partial charge in [0.15, 0.2) is 0 Å². The van der Waals surface area contributed by atoms with E-state index in [-0.39, 0.29) is 0 Å². The van der Waals surface area contributed by atoms with E-state index in [2.05, 4.69) is 31.9 Å². The Kier molecular flexibility index (Phi) is 3.18. The van der Waals surface area contributed by atoms with Crippen LogP contribution in [0.4, 0.5) is 11.4 Å². The zero-order valence-electron chi connectivity index (χ0n) is 8.62. The molecule has 0 spiro atoms. The summed E-state index contributed by atoms with van der Waals surface area (Å²) < 4.78 is 0. The molecule has 0 aliphatic carbocycles. The van der Waals surface area contributed by atoms with Gasteiger partial charge in [0.1, 0.15) is 0 Å². The van der Waals surface area contributed by atoms with Gasteiger partial charge in [-0.25, -0.2) is 0 Å². The van der Waals surface area contributed by atoms with E-state index >= 15 is 0 Å². The fourth-order valence-electron chi connectivity index (χ4n) is 1.42. The van der Waals surface area contributed by atoms with Gasteiger partial charge in [-0.05, 0) is 24.1 Å². The molecular formula is C11H18N2. The molecule has 72 valence electrons. The highest BCUT2D eigenvalue weighted by molar-refractivity contribution is 5.55. The molecule has 0 fully saturated rings. The smallest absolute Gasteiger partial charge is 0.0384 e. The Morgan fingerprint density at radius 2 is 2.08 bits per heavy atom. The predicted octanol–water partition coefficient (Wildman–Crippen LogP) is 2.36. The number of anilines is 2. The Morgan fingerprint density at radius 3 is 2.62 bits per heavy atom. The Hall–Kier alpha value is -1.18. The number of nitrogen functional groups attached to an aromatic ring is 1. The van der Waals surface area contributed by atoms with E-state index in [1.165, 1.54) is 5.69 Å². The lowest BCUT2D eigenvalue weighted by Gasteiger charge is -2.21. The first-order chi connectivity index (χ1) is 6.09. The van der Waals surface area contributed by atoms with Crippen LogP contribution in [0.15, 0.2) is 24.3 Å². The molecule has 0 heterocycles. The van der Waals surface area contributed by atoms with Gasteiger partial charge >= 0.3 is 0 Å². The molecule has 0 unspecified atom stereocenters. The standard InChI is InChI=1S/C11H18N2/c1-9(2)8-13(3)11-6-4-5-10(12)7-11/h4-7,9H,8,12H2,1-3H3. The Bertz CT molecular complexity index is 269. The highest BCUT2D eigenvalue weighted by Crippen LogP contribution is 2.16. The largest absolute Gasteiger partial charge is 0.399 e. The summed E-state index contributed by atoms with van der Waals surface area (Å²) in [6.45, 7) is 5.48. The van der Waals surface area contributed by atoms with Crippen LogP contribution in [0.2, 0.25) is 0 Å². The molecule has 2 nitrogen and oxygen atoms in total. The number of hydrogen-bond acceptors (Lipinski definition) is 2. The fourth-order valence-corrected chi connectivity index (χ4v) is 1.42. The third kappa shape index (κ3) is 2.98. The summed E-state index contributed by atoms with van der Waals surface area (Å²) in [5, 5.41) is 0. The lowest BCUT2D eigenvalue weighted by Crippen LogP contribution is -2.22. The molecule has 0 radical (unpaired) electrons. The normalized spacial score (nSPS) is 10.5. The number of nitrogens with zero attached hydrogens (tertiary/aromatic N) is 1. The monoisotopic (exact) mass is 178 g/mol. The maximum Gasteiger partial charge on any atom is 0.0384 e. The van der Waals surface area contributed by atoms with Gasteiger partial charge < -0.3 is 10.6 Å². The van der Waals surface area contributed by atoms with E-state index in [1.54, 1.807) is 0 Å². The quantitative estimate of drug-likeness (QED) is 0.720. The zero-order chi connectivity index (χ0) is 9.84. The van der Waals surface area contributed by atoms with Crippen molar-refractivity contribution in [3.8, 4) is 0 Å². The van der Waals surface area contributed by atoms with Gasteiger partial charge in [-0.1, -0.05) is 19.9 Å². The van der Waals surface area contributed by atoms with E-state index in [4.69, 9.17) is 5.73 Å². The molecule has 2 N–H and O–H groups in total. The first-order valence-corrected chi connectivity index (χ1v) is 4.66. The summed E-state index contributed by atoms with van der Waals surface area (Å²) in [7, 11) is 2.09. The van der Waals surface area contributed by atoms with Crippen molar-refractivity contribution in [3.63, 3.8) is 0 Å². The highest BCUT2D eigenvalue weighted by atomic mass is 15.1. The average Bonchev–Trinajstić information content (AvgIpc) is 2.03. The predicted molar refractivity (Wildman–Crippen MR) is 59.0 cm³/mol. The van der Waals surface area contributed by atoms with Crippen LogP contribution in [0.5, 0.6) is 0 Å². The molecule has 2 heteroatoms. The third-order valence-corrected chi connectivity index (χ3v) is 1.95. The number of benzene rings is 1. The molecule has 1 aromatic carbocycles. The molecule has 0 amide bonds. The van der Waals surface area contributed by atoms with E-state index in [9.17, 15) is 0 Å². The van der Waals surface area contributed by atoms with Crippen molar-refractivity contribution >= 4 is 11.4 Å². The van der Waals surface area contributed by atoms with Gasteiger partial charge in [0.2, 0.25) is 0 Å². The molecular weight excluding hydrogens is 160 g/mol. The summed E-state index contributed by atoms with van der Waals surface area (Å²) in [4.78, 5) is 2.22. The Labute approximate surface area is 80.4 Å². The second-order valence-corrected chi connectivity index (χ2v) is 3.87. The second-order valence-electron chi connectivity index (χ2n) is 3.87. The van der Waals surface area contributed by atoms with Crippen molar-refractivity contribution in [2.24, 2.45) is 5.92 Å². The lowest BCUT2D eigenvalue weighted by molar-refractivity contribution is 0.638. The number of hydrogen-bond donors (Lipinski definition) is 1. The van der Waals surface area contributed by atoms with Gasteiger partial charge in [-0.3, -0.25) is 0 Å². The minimum Gasteiger partial charge on any atom is -0.399 e. The fraction of sp³-hybridized carbons (Fsp3) is 0.455. The van der Waals surface area contributed by atoms with Gasteiger partial charge in [-0.2, -0.15) is 0 Å². The van der Waals surface area contributed by atoms with Crippen LogP contribution >= 0.6 is 0 Å². The molecule has 0 aliphatic heterocycles. The van der Waals surface area contributed by atoms with E-state index in [0.717, 1.165) is 12.2 Å². The van der Waals surface area contributed by atoms with Crippen molar-refractivity contribution in [2.75, 3.05) is 24.2 Å². The highest BCUT2D eigenvalue weighted by Gasteiger charge is 2.02. The average molecular weight is 178 g/mol. The maximum atomic E-state index is 5.70. The molecule has 0 saturated carbocycles. The second kappa shape index (κ2) is 4.17. The van der Waals surface area contributed by atoms with Crippen molar-refractivity contribution in [1.29, 1.82) is 0 Å². The van der Waals surface area contributed by atoms with Crippen molar-refractivity contribution < 1.29 is 0 Å². The zero-order valence-corrected chi connectivity index (χ0v) is 8.62. The van der Waals surface area contributed by atoms with E-state index < -0.39 is 0 Å². The summed E-state index contributed by atoms with van der Waals surface area (Å²) in [5.74, 6) is 0.673. The van der Waals surface area contributed by atoms with E-state index in [0.29, 0.717) is 5.92 Å². The van der Waals surface area contributed by atoms with Crippen LogP contribution < -0.4 is 10.6 Å². The minimum absolute atomic E-state index is 0.673. The van der Waals surface area contributed by atoms with Gasteiger partial charge in [-0.15, -0.1) is 0 Å². The maximum absolute atomic E-state index is 5.70. The molecule has 1 rings (SSSR count). The molecule has 0 aliphatic rings. The van der Waals surface area contributed by atoms with Gasteiger partial charge in [0, 0.05) is 25.0 Å². The van der Waals surface area contributed by atoms with Crippen molar-refractivity contribution in [3.05, 3.63) is 24.3 Å². The molecule has 13 heavy (non-hydrogen) atoms. The molecule has 0 aromatic heterocycles. The van der Waals surface area contributed by atoms with Crippen molar-refractivity contribution in [1.82, 2.24) is 0 Å². The van der Waals surface area contributed by atoms with Crippen molar-refractivity contribution in [2.45, 2.75) is 13.8 Å². The van der Waals surface area contributed by atoms with Crippen LogP contribution in [0, 0.1) is 5.92 Å². The van der Waals surface area contributed by atoms with Crippen LogP contribution in [-0.2, 0) is 0 Å². The van der Waals surface area contributed by atoms with Gasteiger partial charge in [0.05, 0.1) is 0 Å². The first-order valence-electron chi connectivity index (χ1n) is 4.66. The van der Waals surface area contributed by atoms with Gasteiger partial charge in [0.25, 0.3) is 0 Å². The van der Waals surface area contributed by atoms with Crippen LogP contribution in [0.3, 0.4) is 0 Å².